The fourth-order valence-electron chi connectivity index (χ4n) is 2.55. The second kappa shape index (κ2) is 6.04. The van der Waals surface area contributed by atoms with Crippen LogP contribution in [0.15, 0.2) is 35.7 Å². The zero-order valence-electron chi connectivity index (χ0n) is 11.4. The molecule has 1 aliphatic heterocycles. The molecular weight excluding hydrogens is 273 g/mol. The van der Waals surface area contributed by atoms with Gasteiger partial charge < -0.3 is 10.1 Å². The van der Waals surface area contributed by atoms with Crippen molar-refractivity contribution in [2.45, 2.75) is 32.0 Å². The molecule has 106 valence electrons. The maximum absolute atomic E-state index is 13.9. The summed E-state index contributed by atoms with van der Waals surface area (Å²) in [7, 11) is 0. The lowest BCUT2D eigenvalue weighted by Gasteiger charge is -2.16. The van der Waals surface area contributed by atoms with Gasteiger partial charge in [0.1, 0.15) is 5.82 Å². The number of benzene rings is 1. The molecule has 4 heteroatoms. The summed E-state index contributed by atoms with van der Waals surface area (Å²) in [6, 6.07) is 9.63. The average molecular weight is 291 g/mol. The molecule has 1 aliphatic rings. The third kappa shape index (κ3) is 2.92. The molecule has 0 spiro atoms. The highest BCUT2D eigenvalue weighted by atomic mass is 32.1. The Balaban J connectivity index is 1.73. The van der Waals surface area contributed by atoms with Crippen LogP contribution in [0.2, 0.25) is 0 Å². The van der Waals surface area contributed by atoms with Gasteiger partial charge in [-0.25, -0.2) is 4.39 Å². The van der Waals surface area contributed by atoms with Gasteiger partial charge in [-0.3, -0.25) is 0 Å². The molecule has 1 fully saturated rings. The Kier molecular flexibility index (Phi) is 4.15. The summed E-state index contributed by atoms with van der Waals surface area (Å²) in [5, 5.41) is 5.47. The summed E-state index contributed by atoms with van der Waals surface area (Å²) in [5.41, 5.74) is 1.80. The summed E-state index contributed by atoms with van der Waals surface area (Å²) in [6.45, 7) is 3.66. The molecule has 0 amide bonds. The number of halogens is 1. The van der Waals surface area contributed by atoms with E-state index in [4.69, 9.17) is 4.74 Å². The molecule has 1 aromatic carbocycles. The van der Waals surface area contributed by atoms with Gasteiger partial charge >= 0.3 is 0 Å². The van der Waals surface area contributed by atoms with E-state index >= 15 is 0 Å². The van der Waals surface area contributed by atoms with Gasteiger partial charge in [-0.15, -0.1) is 11.3 Å². The van der Waals surface area contributed by atoms with Crippen LogP contribution in [0.5, 0.6) is 0 Å². The van der Waals surface area contributed by atoms with Crippen molar-refractivity contribution >= 4 is 11.3 Å². The fraction of sp³-hybridized carbons (Fsp3) is 0.375. The van der Waals surface area contributed by atoms with E-state index in [0.717, 1.165) is 30.0 Å². The number of hydrogen-bond acceptors (Lipinski definition) is 3. The maximum Gasteiger partial charge on any atom is 0.131 e. The zero-order valence-corrected chi connectivity index (χ0v) is 12.3. The Morgan fingerprint density at radius 2 is 2.30 bits per heavy atom. The molecule has 3 rings (SSSR count). The lowest BCUT2D eigenvalue weighted by molar-refractivity contribution is 0.113. The van der Waals surface area contributed by atoms with Gasteiger partial charge in [0.25, 0.3) is 0 Å². The molecule has 1 aromatic heterocycles. The maximum atomic E-state index is 13.9. The van der Waals surface area contributed by atoms with Gasteiger partial charge in [0.15, 0.2) is 0 Å². The second-order valence-corrected chi connectivity index (χ2v) is 6.09. The van der Waals surface area contributed by atoms with Crippen molar-refractivity contribution in [1.29, 1.82) is 0 Å². The van der Waals surface area contributed by atoms with Crippen LogP contribution < -0.4 is 5.32 Å². The molecule has 20 heavy (non-hydrogen) atoms. The highest BCUT2D eigenvalue weighted by molar-refractivity contribution is 7.13. The van der Waals surface area contributed by atoms with Crippen LogP contribution in [0.1, 0.15) is 18.9 Å². The lowest BCUT2D eigenvalue weighted by Crippen LogP contribution is -2.34. The molecule has 1 N–H and O–H groups in total. The normalized spacial score (nSPS) is 22.3. The van der Waals surface area contributed by atoms with Crippen LogP contribution in [0, 0.1) is 5.82 Å². The number of rotatable bonds is 4. The summed E-state index contributed by atoms with van der Waals surface area (Å²) < 4.78 is 19.4. The Bertz CT molecular complexity index is 570. The minimum Gasteiger partial charge on any atom is -0.377 e. The SMILES string of the molecule is CC1OCCC1NCc1ccc(F)c(-c2cccs2)c1. The standard InChI is InChI=1S/C16H18FNOS/c1-11-15(6-7-19-11)18-10-12-4-5-14(17)13(9-12)16-3-2-8-20-16/h2-5,8-9,11,15,18H,6-7,10H2,1H3. The first-order chi connectivity index (χ1) is 9.74. The Morgan fingerprint density at radius 1 is 1.40 bits per heavy atom. The largest absolute Gasteiger partial charge is 0.377 e. The van der Waals surface area contributed by atoms with Gasteiger partial charge in [-0.2, -0.15) is 0 Å². The third-order valence-electron chi connectivity index (χ3n) is 3.76. The summed E-state index contributed by atoms with van der Waals surface area (Å²) in [5.74, 6) is -0.159. The van der Waals surface area contributed by atoms with E-state index in [1.165, 1.54) is 0 Å². The monoisotopic (exact) mass is 291 g/mol. The molecule has 2 heterocycles. The molecule has 0 saturated carbocycles. The minimum absolute atomic E-state index is 0.159. The molecule has 0 aliphatic carbocycles. The van der Waals surface area contributed by atoms with Gasteiger partial charge in [0, 0.05) is 29.6 Å². The molecule has 0 bridgehead atoms. The Labute approximate surface area is 122 Å². The van der Waals surface area contributed by atoms with Gasteiger partial charge in [-0.1, -0.05) is 12.1 Å². The Morgan fingerprint density at radius 3 is 3.00 bits per heavy atom. The molecule has 2 nitrogen and oxygen atoms in total. The van der Waals surface area contributed by atoms with Gasteiger partial charge in [-0.05, 0) is 42.5 Å². The van der Waals surface area contributed by atoms with Crippen LogP contribution in [0.25, 0.3) is 10.4 Å². The van der Waals surface area contributed by atoms with E-state index in [-0.39, 0.29) is 11.9 Å². The second-order valence-electron chi connectivity index (χ2n) is 5.14. The van der Waals surface area contributed by atoms with Crippen molar-refractivity contribution in [1.82, 2.24) is 5.32 Å². The van der Waals surface area contributed by atoms with Crippen molar-refractivity contribution < 1.29 is 9.13 Å². The lowest BCUT2D eigenvalue weighted by atomic mass is 10.1. The fourth-order valence-corrected chi connectivity index (χ4v) is 3.30. The molecule has 2 aromatic rings. The van der Waals surface area contributed by atoms with Crippen LogP contribution in [0.3, 0.4) is 0 Å². The summed E-state index contributed by atoms with van der Waals surface area (Å²) in [4.78, 5) is 0.974. The van der Waals surface area contributed by atoms with E-state index in [1.807, 2.05) is 29.6 Å². The van der Waals surface area contributed by atoms with Crippen LogP contribution in [-0.2, 0) is 11.3 Å². The van der Waals surface area contributed by atoms with Crippen LogP contribution >= 0.6 is 11.3 Å². The van der Waals surface area contributed by atoms with E-state index in [0.29, 0.717) is 11.6 Å². The average Bonchev–Trinajstić information content (AvgIpc) is 3.09. The topological polar surface area (TPSA) is 21.3 Å². The quantitative estimate of drug-likeness (QED) is 0.924. The van der Waals surface area contributed by atoms with E-state index in [2.05, 4.69) is 12.2 Å². The minimum atomic E-state index is -0.159. The van der Waals surface area contributed by atoms with Crippen LogP contribution in [-0.4, -0.2) is 18.8 Å². The smallest absolute Gasteiger partial charge is 0.131 e. The number of hydrogen-bond donors (Lipinski definition) is 1. The predicted molar refractivity (Wildman–Crippen MR) is 80.4 cm³/mol. The summed E-state index contributed by atoms with van der Waals surface area (Å²) >= 11 is 1.56. The first-order valence-electron chi connectivity index (χ1n) is 6.91. The molecule has 0 radical (unpaired) electrons. The number of thiophene rings is 1. The van der Waals surface area contributed by atoms with E-state index < -0.39 is 0 Å². The van der Waals surface area contributed by atoms with Crippen molar-refractivity contribution in [2.75, 3.05) is 6.61 Å². The van der Waals surface area contributed by atoms with Crippen molar-refractivity contribution in [3.8, 4) is 10.4 Å². The van der Waals surface area contributed by atoms with Crippen LogP contribution in [0.4, 0.5) is 4.39 Å². The predicted octanol–water partition coefficient (Wildman–Crippen LogP) is 3.82. The zero-order chi connectivity index (χ0) is 13.9. The van der Waals surface area contributed by atoms with Gasteiger partial charge in [0.2, 0.25) is 0 Å². The van der Waals surface area contributed by atoms with E-state index in [1.54, 1.807) is 17.4 Å². The van der Waals surface area contributed by atoms with Crippen molar-refractivity contribution in [3.05, 3.63) is 47.1 Å². The van der Waals surface area contributed by atoms with Crippen molar-refractivity contribution in [2.24, 2.45) is 0 Å². The molecular formula is C16H18FNOS. The summed E-state index contributed by atoms with van der Waals surface area (Å²) in [6.07, 6.45) is 1.30. The van der Waals surface area contributed by atoms with Crippen molar-refractivity contribution in [3.63, 3.8) is 0 Å². The van der Waals surface area contributed by atoms with Gasteiger partial charge in [0.05, 0.1) is 6.10 Å². The van der Waals surface area contributed by atoms with E-state index in [9.17, 15) is 4.39 Å². The molecule has 1 saturated heterocycles. The Hall–Kier alpha value is -1.23. The highest BCUT2D eigenvalue weighted by Gasteiger charge is 2.23. The third-order valence-corrected chi connectivity index (χ3v) is 4.67. The number of ether oxygens (including phenoxy) is 1. The molecule has 2 unspecified atom stereocenters. The first kappa shape index (κ1) is 13.7. The molecule has 2 atom stereocenters. The number of nitrogens with one attached hydrogen (secondary N) is 1. The highest BCUT2D eigenvalue weighted by Crippen LogP contribution is 2.28. The first-order valence-corrected chi connectivity index (χ1v) is 7.79.